The van der Waals surface area contributed by atoms with Crippen LogP contribution in [0.15, 0.2) is 0 Å². The Morgan fingerprint density at radius 1 is 0.750 bits per heavy atom. The van der Waals surface area contributed by atoms with Crippen LogP contribution >= 0.6 is 0 Å². The summed E-state index contributed by atoms with van der Waals surface area (Å²) in [4.78, 5) is 0. The SMILES string of the molecule is CCCCCCC1CCCC(CCCC)C1. The van der Waals surface area contributed by atoms with Crippen LogP contribution in [0.3, 0.4) is 0 Å². The predicted octanol–water partition coefficient (Wildman–Crippen LogP) is 5.95. The standard InChI is InChI=1S/C16H32/c1-3-5-7-8-11-16-13-9-12-15(14-16)10-6-4-2/h15-16H,3-14H2,1-2H3. The second-order valence-electron chi connectivity index (χ2n) is 5.89. The fourth-order valence-corrected chi connectivity index (χ4v) is 3.28. The van der Waals surface area contributed by atoms with Crippen LogP contribution in [-0.4, -0.2) is 0 Å². The summed E-state index contributed by atoms with van der Waals surface area (Å²) in [5.41, 5.74) is 0. The van der Waals surface area contributed by atoms with E-state index < -0.39 is 0 Å². The summed E-state index contributed by atoms with van der Waals surface area (Å²) in [6.07, 6.45) is 17.9. The van der Waals surface area contributed by atoms with Crippen LogP contribution in [0.2, 0.25) is 0 Å². The maximum absolute atomic E-state index is 2.32. The number of hydrogen-bond donors (Lipinski definition) is 0. The molecule has 0 aromatic heterocycles. The van der Waals surface area contributed by atoms with E-state index >= 15 is 0 Å². The van der Waals surface area contributed by atoms with Crippen LogP contribution in [0.25, 0.3) is 0 Å². The van der Waals surface area contributed by atoms with E-state index in [-0.39, 0.29) is 0 Å². The third-order valence-corrected chi connectivity index (χ3v) is 4.32. The largest absolute Gasteiger partial charge is 0.0654 e. The highest BCUT2D eigenvalue weighted by Gasteiger charge is 2.20. The molecule has 0 saturated heterocycles. The fraction of sp³-hybridized carbons (Fsp3) is 1.00. The minimum absolute atomic E-state index is 1.09. The molecule has 0 bridgehead atoms. The summed E-state index contributed by atoms with van der Waals surface area (Å²) in [5, 5.41) is 0. The summed E-state index contributed by atoms with van der Waals surface area (Å²) in [6.45, 7) is 4.63. The van der Waals surface area contributed by atoms with Crippen LogP contribution < -0.4 is 0 Å². The van der Waals surface area contributed by atoms with Gasteiger partial charge in [0.25, 0.3) is 0 Å². The molecule has 0 heteroatoms. The molecule has 0 heterocycles. The molecule has 16 heavy (non-hydrogen) atoms. The van der Waals surface area contributed by atoms with Gasteiger partial charge in [-0.05, 0) is 18.3 Å². The first-order valence-corrected chi connectivity index (χ1v) is 7.86. The fourth-order valence-electron chi connectivity index (χ4n) is 3.28. The van der Waals surface area contributed by atoms with Crippen molar-refractivity contribution in [3.63, 3.8) is 0 Å². The Balaban J connectivity index is 2.07. The molecule has 0 aromatic rings. The van der Waals surface area contributed by atoms with Gasteiger partial charge in [0.1, 0.15) is 0 Å². The van der Waals surface area contributed by atoms with E-state index in [1.165, 1.54) is 70.6 Å². The third-order valence-electron chi connectivity index (χ3n) is 4.32. The molecule has 1 aliphatic carbocycles. The average molecular weight is 224 g/mol. The highest BCUT2D eigenvalue weighted by atomic mass is 14.3. The molecule has 0 radical (unpaired) electrons. The van der Waals surface area contributed by atoms with E-state index in [1.807, 2.05) is 0 Å². The molecular formula is C16H32. The first kappa shape index (κ1) is 14.1. The van der Waals surface area contributed by atoms with E-state index in [2.05, 4.69) is 13.8 Å². The Morgan fingerprint density at radius 2 is 1.38 bits per heavy atom. The van der Waals surface area contributed by atoms with Gasteiger partial charge in [0.05, 0.1) is 0 Å². The molecule has 0 spiro atoms. The lowest BCUT2D eigenvalue weighted by atomic mass is 9.77. The molecule has 1 rings (SSSR count). The summed E-state index contributed by atoms with van der Waals surface area (Å²) in [6, 6.07) is 0. The Hall–Kier alpha value is 0. The molecule has 1 fully saturated rings. The van der Waals surface area contributed by atoms with Crippen molar-refractivity contribution >= 4 is 0 Å². The van der Waals surface area contributed by atoms with Crippen LogP contribution in [-0.2, 0) is 0 Å². The summed E-state index contributed by atoms with van der Waals surface area (Å²) in [5.74, 6) is 2.18. The van der Waals surface area contributed by atoms with Gasteiger partial charge >= 0.3 is 0 Å². The molecule has 0 N–H and O–H groups in total. The Labute approximate surface area is 103 Å². The number of rotatable bonds is 8. The van der Waals surface area contributed by atoms with Crippen molar-refractivity contribution in [3.05, 3.63) is 0 Å². The van der Waals surface area contributed by atoms with E-state index in [0.717, 1.165) is 11.8 Å². The monoisotopic (exact) mass is 224 g/mol. The Morgan fingerprint density at radius 3 is 2.00 bits per heavy atom. The second-order valence-corrected chi connectivity index (χ2v) is 5.89. The summed E-state index contributed by atoms with van der Waals surface area (Å²) in [7, 11) is 0. The van der Waals surface area contributed by atoms with E-state index in [4.69, 9.17) is 0 Å². The minimum Gasteiger partial charge on any atom is -0.0654 e. The van der Waals surface area contributed by atoms with Gasteiger partial charge in [-0.25, -0.2) is 0 Å². The van der Waals surface area contributed by atoms with Crippen molar-refractivity contribution in [2.75, 3.05) is 0 Å². The van der Waals surface area contributed by atoms with Crippen LogP contribution in [0.5, 0.6) is 0 Å². The van der Waals surface area contributed by atoms with Crippen molar-refractivity contribution in [1.82, 2.24) is 0 Å². The predicted molar refractivity (Wildman–Crippen MR) is 73.7 cm³/mol. The van der Waals surface area contributed by atoms with Crippen LogP contribution in [0.1, 0.15) is 90.9 Å². The molecular weight excluding hydrogens is 192 g/mol. The highest BCUT2D eigenvalue weighted by molar-refractivity contribution is 4.73. The van der Waals surface area contributed by atoms with Crippen LogP contribution in [0, 0.1) is 11.8 Å². The van der Waals surface area contributed by atoms with Gasteiger partial charge in [-0.15, -0.1) is 0 Å². The van der Waals surface area contributed by atoms with Gasteiger partial charge in [-0.1, -0.05) is 84.5 Å². The van der Waals surface area contributed by atoms with E-state index in [9.17, 15) is 0 Å². The molecule has 96 valence electrons. The zero-order chi connectivity index (χ0) is 11.6. The van der Waals surface area contributed by atoms with Crippen LogP contribution in [0.4, 0.5) is 0 Å². The lowest BCUT2D eigenvalue weighted by molar-refractivity contribution is 0.236. The normalized spacial score (nSPS) is 25.9. The van der Waals surface area contributed by atoms with Gasteiger partial charge in [0, 0.05) is 0 Å². The second kappa shape index (κ2) is 9.07. The minimum atomic E-state index is 1.09. The molecule has 0 amide bonds. The van der Waals surface area contributed by atoms with Gasteiger partial charge in [0.2, 0.25) is 0 Å². The van der Waals surface area contributed by atoms with E-state index in [1.54, 1.807) is 6.42 Å². The van der Waals surface area contributed by atoms with E-state index in [0.29, 0.717) is 0 Å². The molecule has 1 saturated carbocycles. The zero-order valence-corrected chi connectivity index (χ0v) is 11.6. The van der Waals surface area contributed by atoms with Crippen molar-refractivity contribution in [1.29, 1.82) is 0 Å². The number of hydrogen-bond acceptors (Lipinski definition) is 0. The molecule has 1 aliphatic rings. The molecule has 0 aliphatic heterocycles. The lowest BCUT2D eigenvalue weighted by Crippen LogP contribution is -2.15. The molecule has 0 nitrogen and oxygen atoms in total. The lowest BCUT2D eigenvalue weighted by Gasteiger charge is -2.29. The Bertz CT molecular complexity index is 150. The summed E-state index contributed by atoms with van der Waals surface area (Å²) < 4.78 is 0. The number of unbranched alkanes of at least 4 members (excludes halogenated alkanes) is 4. The molecule has 2 atom stereocenters. The zero-order valence-electron chi connectivity index (χ0n) is 11.6. The third kappa shape index (κ3) is 5.92. The molecule has 0 aromatic carbocycles. The smallest absolute Gasteiger partial charge is 0.0412 e. The first-order valence-electron chi connectivity index (χ1n) is 7.86. The van der Waals surface area contributed by atoms with Gasteiger partial charge in [0.15, 0.2) is 0 Å². The van der Waals surface area contributed by atoms with Crippen molar-refractivity contribution < 1.29 is 0 Å². The van der Waals surface area contributed by atoms with Gasteiger partial charge in [-0.3, -0.25) is 0 Å². The quantitative estimate of drug-likeness (QED) is 0.447. The maximum atomic E-state index is 2.32. The molecule has 2 unspecified atom stereocenters. The van der Waals surface area contributed by atoms with Crippen molar-refractivity contribution in [3.8, 4) is 0 Å². The highest BCUT2D eigenvalue weighted by Crippen LogP contribution is 2.34. The topological polar surface area (TPSA) is 0 Å². The summed E-state index contributed by atoms with van der Waals surface area (Å²) >= 11 is 0. The van der Waals surface area contributed by atoms with Crippen molar-refractivity contribution in [2.24, 2.45) is 11.8 Å². The van der Waals surface area contributed by atoms with Gasteiger partial charge < -0.3 is 0 Å². The first-order chi connectivity index (χ1) is 7.86. The average Bonchev–Trinajstić information content (AvgIpc) is 2.33. The van der Waals surface area contributed by atoms with Crippen molar-refractivity contribution in [2.45, 2.75) is 90.9 Å². The maximum Gasteiger partial charge on any atom is -0.0412 e. The Kier molecular flexibility index (Phi) is 7.98. The van der Waals surface area contributed by atoms with Gasteiger partial charge in [-0.2, -0.15) is 0 Å².